The highest BCUT2D eigenvalue weighted by molar-refractivity contribution is 5.63. The van der Waals surface area contributed by atoms with E-state index in [1.54, 1.807) is 61.5 Å². The lowest BCUT2D eigenvalue weighted by atomic mass is 10.0. The van der Waals surface area contributed by atoms with Crippen molar-refractivity contribution in [2.75, 3.05) is 0 Å². The van der Waals surface area contributed by atoms with Crippen molar-refractivity contribution in [1.29, 1.82) is 5.26 Å². The summed E-state index contributed by atoms with van der Waals surface area (Å²) in [5, 5.41) is 9.24. The van der Waals surface area contributed by atoms with Crippen LogP contribution >= 0.6 is 0 Å². The largest absolute Gasteiger partial charge is 0.417 e. The third kappa shape index (κ3) is 3.49. The molecule has 0 saturated heterocycles. The van der Waals surface area contributed by atoms with Gasteiger partial charge in [0.05, 0.1) is 17.3 Å². The van der Waals surface area contributed by atoms with Crippen molar-refractivity contribution in [3.05, 3.63) is 93.8 Å². The molecule has 0 saturated carbocycles. The number of benzene rings is 2. The SMILES string of the molecule is C[C@H](c1ccccc1)n1c(-c2ccccc2)cc(C(F)(F)F)c(C#N)c1=O. The van der Waals surface area contributed by atoms with E-state index in [1.165, 1.54) is 10.6 Å². The number of pyridine rings is 1. The molecule has 3 rings (SSSR count). The van der Waals surface area contributed by atoms with Crippen LogP contribution in [-0.4, -0.2) is 4.57 Å². The standard InChI is InChI=1S/C21H15F3N2O/c1-14(15-8-4-2-5-9-15)26-19(16-10-6-3-7-11-16)12-18(21(22,23)24)17(13-25)20(26)27/h2-12,14H,1H3/t14-/m1/s1. The molecule has 2 aromatic carbocycles. The maximum Gasteiger partial charge on any atom is 0.417 e. The van der Waals surface area contributed by atoms with Crippen LogP contribution in [0.4, 0.5) is 13.2 Å². The Morgan fingerprint density at radius 2 is 1.56 bits per heavy atom. The quantitative estimate of drug-likeness (QED) is 0.652. The van der Waals surface area contributed by atoms with Gasteiger partial charge in [-0.25, -0.2) is 0 Å². The number of aromatic nitrogens is 1. The summed E-state index contributed by atoms with van der Waals surface area (Å²) in [6.07, 6.45) is -4.80. The fraction of sp³-hybridized carbons (Fsp3) is 0.143. The first kappa shape index (κ1) is 18.5. The molecule has 0 bridgehead atoms. The summed E-state index contributed by atoms with van der Waals surface area (Å²) in [4.78, 5) is 12.9. The van der Waals surface area contributed by atoms with Gasteiger partial charge in [0.25, 0.3) is 5.56 Å². The number of alkyl halides is 3. The van der Waals surface area contributed by atoms with E-state index in [0.29, 0.717) is 5.56 Å². The molecule has 136 valence electrons. The minimum Gasteiger partial charge on any atom is -0.300 e. The number of rotatable bonds is 3. The Hall–Kier alpha value is -3.33. The van der Waals surface area contributed by atoms with E-state index in [0.717, 1.165) is 11.6 Å². The van der Waals surface area contributed by atoms with E-state index in [9.17, 15) is 23.2 Å². The fourth-order valence-corrected chi connectivity index (χ4v) is 3.05. The second-order valence-electron chi connectivity index (χ2n) is 6.06. The highest BCUT2D eigenvalue weighted by Gasteiger charge is 2.37. The average molecular weight is 368 g/mol. The van der Waals surface area contributed by atoms with Gasteiger partial charge in [-0.15, -0.1) is 0 Å². The first-order valence-corrected chi connectivity index (χ1v) is 8.21. The van der Waals surface area contributed by atoms with Crippen molar-refractivity contribution in [1.82, 2.24) is 4.57 Å². The van der Waals surface area contributed by atoms with Gasteiger partial charge >= 0.3 is 6.18 Å². The van der Waals surface area contributed by atoms with Crippen LogP contribution in [0.1, 0.15) is 29.7 Å². The molecule has 0 unspecified atom stereocenters. The van der Waals surface area contributed by atoms with Gasteiger partial charge in [-0.3, -0.25) is 9.36 Å². The molecule has 0 radical (unpaired) electrons. The van der Waals surface area contributed by atoms with E-state index >= 15 is 0 Å². The van der Waals surface area contributed by atoms with Gasteiger partial charge in [0.2, 0.25) is 0 Å². The number of nitriles is 1. The van der Waals surface area contributed by atoms with Gasteiger partial charge in [0.15, 0.2) is 0 Å². The molecule has 0 aliphatic heterocycles. The molecule has 27 heavy (non-hydrogen) atoms. The Bertz CT molecular complexity index is 1050. The van der Waals surface area contributed by atoms with Gasteiger partial charge in [-0.05, 0) is 24.1 Å². The Kier molecular flexibility index (Phi) is 4.87. The molecule has 6 heteroatoms. The highest BCUT2D eigenvalue weighted by Crippen LogP contribution is 2.35. The molecule has 0 aliphatic rings. The zero-order valence-electron chi connectivity index (χ0n) is 14.4. The molecule has 1 heterocycles. The van der Waals surface area contributed by atoms with Crippen LogP contribution < -0.4 is 5.56 Å². The van der Waals surface area contributed by atoms with Crippen LogP contribution in [0.15, 0.2) is 71.5 Å². The van der Waals surface area contributed by atoms with Crippen LogP contribution in [0.2, 0.25) is 0 Å². The second kappa shape index (κ2) is 7.12. The van der Waals surface area contributed by atoms with Crippen molar-refractivity contribution in [2.24, 2.45) is 0 Å². The molecule has 1 atom stereocenters. The Morgan fingerprint density at radius 1 is 1.00 bits per heavy atom. The zero-order valence-corrected chi connectivity index (χ0v) is 14.4. The predicted molar refractivity (Wildman–Crippen MR) is 96.1 cm³/mol. The molecule has 3 aromatic rings. The number of hydrogen-bond acceptors (Lipinski definition) is 2. The third-order valence-electron chi connectivity index (χ3n) is 4.40. The molecular formula is C21H15F3N2O. The fourth-order valence-electron chi connectivity index (χ4n) is 3.05. The summed E-state index contributed by atoms with van der Waals surface area (Å²) in [6, 6.07) is 19.1. The van der Waals surface area contributed by atoms with E-state index in [4.69, 9.17) is 0 Å². The van der Waals surface area contributed by atoms with E-state index < -0.39 is 28.9 Å². The predicted octanol–water partition coefficient (Wildman–Crippen LogP) is 5.02. The molecule has 0 fully saturated rings. The monoisotopic (exact) mass is 368 g/mol. The first-order valence-electron chi connectivity index (χ1n) is 8.21. The summed E-state index contributed by atoms with van der Waals surface area (Å²) < 4.78 is 41.7. The normalized spacial score (nSPS) is 12.4. The Labute approximate surface area is 153 Å². The van der Waals surface area contributed by atoms with Crippen molar-refractivity contribution in [3.63, 3.8) is 0 Å². The van der Waals surface area contributed by atoms with Gasteiger partial charge in [-0.2, -0.15) is 18.4 Å². The smallest absolute Gasteiger partial charge is 0.300 e. The van der Waals surface area contributed by atoms with E-state index in [1.807, 2.05) is 6.07 Å². The van der Waals surface area contributed by atoms with Crippen LogP contribution in [0.5, 0.6) is 0 Å². The molecule has 3 nitrogen and oxygen atoms in total. The molecule has 1 aromatic heterocycles. The van der Waals surface area contributed by atoms with Gasteiger partial charge in [0.1, 0.15) is 11.6 Å². The maximum atomic E-state index is 13.5. The summed E-state index contributed by atoms with van der Waals surface area (Å²) >= 11 is 0. The Balaban J connectivity index is 2.38. The lowest BCUT2D eigenvalue weighted by Crippen LogP contribution is -2.30. The van der Waals surface area contributed by atoms with Crippen LogP contribution in [0, 0.1) is 11.3 Å². The topological polar surface area (TPSA) is 45.8 Å². The van der Waals surface area contributed by atoms with Crippen LogP contribution in [0.3, 0.4) is 0 Å². The Morgan fingerprint density at radius 3 is 2.07 bits per heavy atom. The third-order valence-corrected chi connectivity index (χ3v) is 4.40. The summed E-state index contributed by atoms with van der Waals surface area (Å²) in [7, 11) is 0. The minimum absolute atomic E-state index is 0.114. The summed E-state index contributed by atoms with van der Waals surface area (Å²) in [5.74, 6) is 0. The van der Waals surface area contributed by atoms with Crippen molar-refractivity contribution in [2.45, 2.75) is 19.1 Å². The van der Waals surface area contributed by atoms with Gasteiger partial charge in [0, 0.05) is 0 Å². The maximum absolute atomic E-state index is 13.5. The summed E-state index contributed by atoms with van der Waals surface area (Å²) in [5.41, 5.74) is -1.74. The van der Waals surface area contributed by atoms with Crippen molar-refractivity contribution in [3.8, 4) is 17.3 Å². The number of halogens is 3. The average Bonchev–Trinajstić information content (AvgIpc) is 2.67. The molecule has 0 aliphatic carbocycles. The molecule has 0 spiro atoms. The number of hydrogen-bond donors (Lipinski definition) is 0. The van der Waals surface area contributed by atoms with Crippen molar-refractivity contribution >= 4 is 0 Å². The van der Waals surface area contributed by atoms with Crippen molar-refractivity contribution < 1.29 is 13.2 Å². The van der Waals surface area contributed by atoms with Gasteiger partial charge in [-0.1, -0.05) is 60.7 Å². The van der Waals surface area contributed by atoms with E-state index in [-0.39, 0.29) is 5.69 Å². The highest BCUT2D eigenvalue weighted by atomic mass is 19.4. The second-order valence-corrected chi connectivity index (χ2v) is 6.06. The minimum atomic E-state index is -4.80. The summed E-state index contributed by atoms with van der Waals surface area (Å²) in [6.45, 7) is 1.72. The zero-order chi connectivity index (χ0) is 19.6. The molecule has 0 N–H and O–H groups in total. The van der Waals surface area contributed by atoms with Gasteiger partial charge < -0.3 is 0 Å². The van der Waals surface area contributed by atoms with Crippen LogP contribution in [0.25, 0.3) is 11.3 Å². The molecule has 0 amide bonds. The lowest BCUT2D eigenvalue weighted by Gasteiger charge is -2.23. The van der Waals surface area contributed by atoms with Crippen LogP contribution in [-0.2, 0) is 6.18 Å². The first-order chi connectivity index (χ1) is 12.8. The lowest BCUT2D eigenvalue weighted by molar-refractivity contribution is -0.137. The van der Waals surface area contributed by atoms with E-state index in [2.05, 4.69) is 0 Å². The molecular weight excluding hydrogens is 353 g/mol. The number of nitrogens with zero attached hydrogens (tertiary/aromatic N) is 2.